The topological polar surface area (TPSA) is 116 Å². The predicted molar refractivity (Wildman–Crippen MR) is 77.9 cm³/mol. The van der Waals surface area contributed by atoms with E-state index in [2.05, 4.69) is 6.92 Å². The largest absolute Gasteiger partial charge is 0.433 e. The first-order valence-corrected chi connectivity index (χ1v) is 8.01. The highest BCUT2D eigenvalue weighted by atomic mass is 16.7. The highest BCUT2D eigenvalue weighted by Crippen LogP contribution is 2.22. The van der Waals surface area contributed by atoms with E-state index in [4.69, 9.17) is 14.6 Å². The quantitative estimate of drug-likeness (QED) is 0.351. The van der Waals surface area contributed by atoms with E-state index < -0.39 is 43.3 Å². The van der Waals surface area contributed by atoms with Crippen molar-refractivity contribution in [2.75, 3.05) is 6.61 Å². The first-order chi connectivity index (χ1) is 10.5. The molecule has 0 aromatic carbocycles. The van der Waals surface area contributed by atoms with Crippen molar-refractivity contribution in [3.8, 4) is 0 Å². The molecule has 0 spiro atoms. The number of aliphatic hydroxyl groups excluding tert-OH is 4. The van der Waals surface area contributed by atoms with Gasteiger partial charge in [0.15, 0.2) is 0 Å². The van der Waals surface area contributed by atoms with Crippen LogP contribution in [0.3, 0.4) is 0 Å². The van der Waals surface area contributed by atoms with Crippen LogP contribution in [-0.2, 0) is 14.3 Å². The number of carbonyl (C=O) groups is 1. The summed E-state index contributed by atoms with van der Waals surface area (Å²) in [6, 6.07) is 0. The molecule has 4 N–H and O–H groups in total. The van der Waals surface area contributed by atoms with E-state index in [0.29, 0.717) is 6.42 Å². The number of hydrogen-bond acceptors (Lipinski definition) is 7. The highest BCUT2D eigenvalue weighted by molar-refractivity contribution is 5.69. The Labute approximate surface area is 130 Å². The van der Waals surface area contributed by atoms with Crippen LogP contribution in [-0.4, -0.2) is 63.7 Å². The molecule has 7 nitrogen and oxygen atoms in total. The summed E-state index contributed by atoms with van der Waals surface area (Å²) >= 11 is 0. The number of rotatable bonds is 9. The molecule has 1 aliphatic rings. The van der Waals surface area contributed by atoms with Gasteiger partial charge in [0.2, 0.25) is 6.29 Å². The third kappa shape index (κ3) is 5.81. The van der Waals surface area contributed by atoms with E-state index in [9.17, 15) is 20.1 Å². The van der Waals surface area contributed by atoms with Gasteiger partial charge >= 0.3 is 5.97 Å². The normalized spacial score (nSPS) is 32.0. The molecule has 1 fully saturated rings. The molecule has 0 aromatic rings. The second-order valence-electron chi connectivity index (χ2n) is 5.70. The Morgan fingerprint density at radius 1 is 1.00 bits per heavy atom. The number of ether oxygens (including phenoxy) is 2. The first-order valence-electron chi connectivity index (χ1n) is 8.01. The third-order valence-corrected chi connectivity index (χ3v) is 3.83. The van der Waals surface area contributed by atoms with Crippen LogP contribution in [0.5, 0.6) is 0 Å². The Bertz CT molecular complexity index is 321. The summed E-state index contributed by atoms with van der Waals surface area (Å²) in [5.41, 5.74) is 0. The van der Waals surface area contributed by atoms with E-state index in [1.807, 2.05) is 0 Å². The van der Waals surface area contributed by atoms with Crippen LogP contribution >= 0.6 is 0 Å². The molecular formula is C15H28O7. The van der Waals surface area contributed by atoms with Crippen LogP contribution < -0.4 is 0 Å². The summed E-state index contributed by atoms with van der Waals surface area (Å²) in [6.45, 7) is 1.59. The van der Waals surface area contributed by atoms with Crippen molar-refractivity contribution in [2.45, 2.75) is 82.6 Å². The van der Waals surface area contributed by atoms with Gasteiger partial charge in [0, 0.05) is 6.42 Å². The Morgan fingerprint density at radius 2 is 1.64 bits per heavy atom. The molecule has 22 heavy (non-hydrogen) atoms. The standard InChI is InChI=1S/C15H28O7/c1-2-3-4-5-6-7-8-11(17)22-15-14(20)13(19)12(18)10(9-16)21-15/h10,12-16,18-20H,2-9H2,1H3/t10?,12-,13-,14?,15?/m1/s1. The van der Waals surface area contributed by atoms with Gasteiger partial charge in [-0.25, -0.2) is 0 Å². The summed E-state index contributed by atoms with van der Waals surface area (Å²) in [6.07, 6.45) is -0.537. The predicted octanol–water partition coefficient (Wildman–Crippen LogP) is 0.0801. The van der Waals surface area contributed by atoms with Crippen molar-refractivity contribution in [1.29, 1.82) is 0 Å². The van der Waals surface area contributed by atoms with Gasteiger partial charge in [0.1, 0.15) is 24.4 Å². The lowest BCUT2D eigenvalue weighted by Gasteiger charge is -2.39. The van der Waals surface area contributed by atoms with E-state index in [1.54, 1.807) is 0 Å². The highest BCUT2D eigenvalue weighted by Gasteiger charge is 2.45. The fourth-order valence-corrected chi connectivity index (χ4v) is 2.40. The summed E-state index contributed by atoms with van der Waals surface area (Å²) in [4.78, 5) is 11.7. The van der Waals surface area contributed by atoms with Crippen molar-refractivity contribution >= 4 is 5.97 Å². The molecular weight excluding hydrogens is 292 g/mol. The van der Waals surface area contributed by atoms with Gasteiger partial charge in [-0.3, -0.25) is 4.79 Å². The van der Waals surface area contributed by atoms with E-state index in [0.717, 1.165) is 19.3 Å². The molecule has 1 aliphatic heterocycles. The average Bonchev–Trinajstić information content (AvgIpc) is 2.51. The minimum absolute atomic E-state index is 0.209. The summed E-state index contributed by atoms with van der Waals surface area (Å²) < 4.78 is 10.1. The first kappa shape index (κ1) is 19.3. The average molecular weight is 320 g/mol. The molecule has 3 unspecified atom stereocenters. The second-order valence-corrected chi connectivity index (χ2v) is 5.70. The Balaban J connectivity index is 2.30. The lowest BCUT2D eigenvalue weighted by atomic mass is 9.99. The molecule has 0 amide bonds. The van der Waals surface area contributed by atoms with Gasteiger partial charge in [-0.05, 0) is 6.42 Å². The van der Waals surface area contributed by atoms with Crippen LogP contribution in [0.2, 0.25) is 0 Å². The maximum absolute atomic E-state index is 11.7. The van der Waals surface area contributed by atoms with Gasteiger partial charge in [-0.2, -0.15) is 0 Å². The molecule has 0 aliphatic carbocycles. The fraction of sp³-hybridized carbons (Fsp3) is 0.933. The summed E-state index contributed by atoms with van der Waals surface area (Å²) in [7, 11) is 0. The van der Waals surface area contributed by atoms with E-state index in [-0.39, 0.29) is 6.42 Å². The van der Waals surface area contributed by atoms with E-state index >= 15 is 0 Å². The molecule has 0 bridgehead atoms. The van der Waals surface area contributed by atoms with Crippen LogP contribution in [0.1, 0.15) is 51.9 Å². The number of unbranched alkanes of at least 4 members (excludes halogenated alkanes) is 5. The monoisotopic (exact) mass is 320 g/mol. The zero-order valence-corrected chi connectivity index (χ0v) is 13.1. The van der Waals surface area contributed by atoms with Gasteiger partial charge < -0.3 is 29.9 Å². The lowest BCUT2D eigenvalue weighted by molar-refractivity contribution is -0.292. The Kier molecular flexibility index (Phi) is 8.89. The molecule has 7 heteroatoms. The van der Waals surface area contributed by atoms with Crippen LogP contribution in [0.25, 0.3) is 0 Å². The SMILES string of the molecule is CCCCCCCCC(=O)OC1OC(CO)[C@@H](O)[C@@H](O)C1O. The van der Waals surface area contributed by atoms with Gasteiger partial charge in [-0.1, -0.05) is 39.0 Å². The molecule has 130 valence electrons. The molecule has 1 heterocycles. The van der Waals surface area contributed by atoms with Crippen LogP contribution in [0.15, 0.2) is 0 Å². The Morgan fingerprint density at radius 3 is 2.27 bits per heavy atom. The molecule has 0 saturated carbocycles. The second kappa shape index (κ2) is 10.1. The van der Waals surface area contributed by atoms with Crippen molar-refractivity contribution in [3.05, 3.63) is 0 Å². The van der Waals surface area contributed by atoms with Crippen molar-refractivity contribution < 1.29 is 34.7 Å². The van der Waals surface area contributed by atoms with Crippen LogP contribution in [0.4, 0.5) is 0 Å². The van der Waals surface area contributed by atoms with Gasteiger partial charge in [-0.15, -0.1) is 0 Å². The minimum atomic E-state index is -1.54. The fourth-order valence-electron chi connectivity index (χ4n) is 2.40. The van der Waals surface area contributed by atoms with Gasteiger partial charge in [0.25, 0.3) is 0 Å². The number of aliphatic hydroxyl groups is 4. The maximum atomic E-state index is 11.7. The number of carbonyl (C=O) groups excluding carboxylic acids is 1. The zero-order valence-electron chi connectivity index (χ0n) is 13.1. The molecule has 1 saturated heterocycles. The maximum Gasteiger partial charge on any atom is 0.308 e. The smallest absolute Gasteiger partial charge is 0.308 e. The Hall–Kier alpha value is -0.730. The summed E-state index contributed by atoms with van der Waals surface area (Å²) in [5.74, 6) is -0.528. The minimum Gasteiger partial charge on any atom is -0.433 e. The molecule has 0 aromatic heterocycles. The van der Waals surface area contributed by atoms with Crippen molar-refractivity contribution in [1.82, 2.24) is 0 Å². The zero-order chi connectivity index (χ0) is 16.5. The molecule has 0 radical (unpaired) electrons. The van der Waals surface area contributed by atoms with Crippen LogP contribution in [0, 0.1) is 0 Å². The van der Waals surface area contributed by atoms with Gasteiger partial charge in [0.05, 0.1) is 6.61 Å². The molecule has 5 atom stereocenters. The summed E-state index contributed by atoms with van der Waals surface area (Å²) in [5, 5.41) is 38.0. The van der Waals surface area contributed by atoms with Crippen molar-refractivity contribution in [2.24, 2.45) is 0 Å². The van der Waals surface area contributed by atoms with E-state index in [1.165, 1.54) is 12.8 Å². The van der Waals surface area contributed by atoms with Crippen molar-refractivity contribution in [3.63, 3.8) is 0 Å². The number of hydrogen-bond donors (Lipinski definition) is 4. The molecule has 1 rings (SSSR count). The third-order valence-electron chi connectivity index (χ3n) is 3.83. The number of esters is 1. The lowest BCUT2D eigenvalue weighted by Crippen LogP contribution is -2.59.